The van der Waals surface area contributed by atoms with Crippen molar-refractivity contribution in [2.75, 3.05) is 13.1 Å². The van der Waals surface area contributed by atoms with Crippen LogP contribution in [0.3, 0.4) is 0 Å². The maximum Gasteiger partial charge on any atom is 0.320 e. The molecule has 0 heterocycles. The van der Waals surface area contributed by atoms with Crippen molar-refractivity contribution >= 4 is 5.97 Å². The van der Waals surface area contributed by atoms with E-state index >= 15 is 0 Å². The SMILES string of the molecule is CCCCCCCCCCCCCCCN(CCCCCCCCCCCCCCC)C(CCC)C(=O)O. The minimum Gasteiger partial charge on any atom is -0.480 e. The minimum atomic E-state index is -0.615. The number of rotatable bonds is 32. The van der Waals surface area contributed by atoms with Crippen molar-refractivity contribution in [2.45, 2.75) is 207 Å². The van der Waals surface area contributed by atoms with Gasteiger partial charge in [0.25, 0.3) is 0 Å². The summed E-state index contributed by atoms with van der Waals surface area (Å²) in [5.74, 6) is -0.615. The van der Waals surface area contributed by atoms with Crippen LogP contribution in [0.2, 0.25) is 0 Å². The van der Waals surface area contributed by atoms with E-state index in [0.29, 0.717) is 0 Å². The Kier molecular flexibility index (Phi) is 30.5. The molecule has 1 atom stereocenters. The molecule has 3 heteroatoms. The van der Waals surface area contributed by atoms with Crippen molar-refractivity contribution in [1.29, 1.82) is 0 Å². The maximum atomic E-state index is 12.0. The summed E-state index contributed by atoms with van der Waals surface area (Å²) in [6, 6.07) is -0.283. The van der Waals surface area contributed by atoms with E-state index in [4.69, 9.17) is 0 Å². The Balaban J connectivity index is 3.89. The molecule has 3 nitrogen and oxygen atoms in total. The summed E-state index contributed by atoms with van der Waals surface area (Å²) in [5, 5.41) is 9.84. The van der Waals surface area contributed by atoms with E-state index in [1.165, 1.54) is 154 Å². The highest BCUT2D eigenvalue weighted by Gasteiger charge is 2.23. The molecule has 0 saturated heterocycles. The summed E-state index contributed by atoms with van der Waals surface area (Å²) >= 11 is 0. The number of aliphatic carboxylic acids is 1. The molecule has 38 heavy (non-hydrogen) atoms. The number of carboxylic acid groups (broad SMARTS) is 1. The third kappa shape index (κ3) is 25.7. The van der Waals surface area contributed by atoms with E-state index in [1.807, 2.05) is 0 Å². The second-order valence-corrected chi connectivity index (χ2v) is 12.2. The highest BCUT2D eigenvalue weighted by molar-refractivity contribution is 5.73. The number of hydrogen-bond donors (Lipinski definition) is 1. The summed E-state index contributed by atoms with van der Waals surface area (Å²) in [6.07, 6.45) is 37.2. The monoisotopic (exact) mass is 538 g/mol. The van der Waals surface area contributed by atoms with Gasteiger partial charge in [-0.1, -0.05) is 181 Å². The predicted molar refractivity (Wildman–Crippen MR) is 169 cm³/mol. The van der Waals surface area contributed by atoms with Crippen molar-refractivity contribution in [3.63, 3.8) is 0 Å². The number of carboxylic acids is 1. The van der Waals surface area contributed by atoms with Gasteiger partial charge in [-0.2, -0.15) is 0 Å². The summed E-state index contributed by atoms with van der Waals surface area (Å²) in [4.78, 5) is 14.3. The van der Waals surface area contributed by atoms with E-state index in [-0.39, 0.29) is 6.04 Å². The molecule has 0 bridgehead atoms. The van der Waals surface area contributed by atoms with Crippen LogP contribution >= 0.6 is 0 Å². The standard InChI is InChI=1S/C35H71NO2/c1-4-7-9-11-13-15-17-19-21-23-25-27-29-32-36(34(31-6-3)35(37)38)33-30-28-26-24-22-20-18-16-14-12-10-8-5-2/h34H,4-33H2,1-3H3,(H,37,38). The van der Waals surface area contributed by atoms with Crippen LogP contribution in [0.5, 0.6) is 0 Å². The predicted octanol–water partition coefficient (Wildman–Crippen LogP) is 11.7. The minimum absolute atomic E-state index is 0.283. The van der Waals surface area contributed by atoms with Gasteiger partial charge in [-0.25, -0.2) is 0 Å². The Morgan fingerprint density at radius 3 is 0.947 bits per heavy atom. The number of unbranched alkanes of at least 4 members (excludes halogenated alkanes) is 24. The van der Waals surface area contributed by atoms with Gasteiger partial charge in [-0.05, 0) is 32.4 Å². The van der Waals surface area contributed by atoms with Crippen LogP contribution in [-0.4, -0.2) is 35.1 Å². The Labute approximate surface area is 240 Å². The molecular weight excluding hydrogens is 466 g/mol. The maximum absolute atomic E-state index is 12.0. The van der Waals surface area contributed by atoms with Gasteiger partial charge in [0.1, 0.15) is 6.04 Å². The third-order valence-electron chi connectivity index (χ3n) is 8.39. The molecule has 1 N–H and O–H groups in total. The molecule has 1 unspecified atom stereocenters. The molecular formula is C35H71NO2. The highest BCUT2D eigenvalue weighted by atomic mass is 16.4. The van der Waals surface area contributed by atoms with Gasteiger partial charge in [-0.15, -0.1) is 0 Å². The molecule has 0 radical (unpaired) electrons. The van der Waals surface area contributed by atoms with Crippen LogP contribution < -0.4 is 0 Å². The average molecular weight is 538 g/mol. The summed E-state index contributed by atoms with van der Waals surface area (Å²) in [7, 11) is 0. The Hall–Kier alpha value is -0.570. The molecule has 0 spiro atoms. The lowest BCUT2D eigenvalue weighted by Crippen LogP contribution is -2.42. The van der Waals surface area contributed by atoms with Crippen LogP contribution in [0.4, 0.5) is 0 Å². The molecule has 0 fully saturated rings. The van der Waals surface area contributed by atoms with Gasteiger partial charge in [0.2, 0.25) is 0 Å². The van der Waals surface area contributed by atoms with Crippen LogP contribution in [0, 0.1) is 0 Å². The average Bonchev–Trinajstić information content (AvgIpc) is 2.91. The zero-order valence-corrected chi connectivity index (χ0v) is 26.6. The molecule has 0 amide bonds. The number of carbonyl (C=O) groups is 1. The largest absolute Gasteiger partial charge is 0.480 e. The molecule has 0 aliphatic heterocycles. The van der Waals surface area contributed by atoms with E-state index in [0.717, 1.165) is 38.8 Å². The van der Waals surface area contributed by atoms with Crippen LogP contribution in [0.15, 0.2) is 0 Å². The molecule has 0 aliphatic rings. The lowest BCUT2D eigenvalue weighted by Gasteiger charge is -2.29. The number of nitrogens with zero attached hydrogens (tertiary/aromatic N) is 1. The Morgan fingerprint density at radius 2 is 0.711 bits per heavy atom. The summed E-state index contributed by atoms with van der Waals surface area (Å²) in [6.45, 7) is 8.62. The topological polar surface area (TPSA) is 40.5 Å². The van der Waals surface area contributed by atoms with Gasteiger partial charge in [0.05, 0.1) is 0 Å². The molecule has 0 aromatic heterocycles. The second-order valence-electron chi connectivity index (χ2n) is 12.2. The Bertz CT molecular complexity index is 437. The van der Waals surface area contributed by atoms with Crippen LogP contribution in [0.1, 0.15) is 201 Å². The van der Waals surface area contributed by atoms with Crippen LogP contribution in [0.25, 0.3) is 0 Å². The Morgan fingerprint density at radius 1 is 0.447 bits per heavy atom. The first-order valence-electron chi connectivity index (χ1n) is 17.6. The molecule has 0 rings (SSSR count). The van der Waals surface area contributed by atoms with Gasteiger partial charge in [-0.3, -0.25) is 9.69 Å². The first kappa shape index (κ1) is 37.4. The van der Waals surface area contributed by atoms with Crippen LogP contribution in [-0.2, 0) is 4.79 Å². The van der Waals surface area contributed by atoms with Crippen molar-refractivity contribution in [1.82, 2.24) is 4.90 Å². The first-order valence-corrected chi connectivity index (χ1v) is 17.6. The molecule has 228 valence electrons. The fourth-order valence-electron chi connectivity index (χ4n) is 5.82. The smallest absolute Gasteiger partial charge is 0.320 e. The van der Waals surface area contributed by atoms with Gasteiger partial charge in [0.15, 0.2) is 0 Å². The van der Waals surface area contributed by atoms with E-state index < -0.39 is 5.97 Å². The summed E-state index contributed by atoms with van der Waals surface area (Å²) < 4.78 is 0. The van der Waals surface area contributed by atoms with Crippen molar-refractivity contribution in [3.8, 4) is 0 Å². The lowest BCUT2D eigenvalue weighted by molar-refractivity contribution is -0.143. The second kappa shape index (κ2) is 31.0. The number of hydrogen-bond acceptors (Lipinski definition) is 2. The zero-order valence-electron chi connectivity index (χ0n) is 26.6. The fraction of sp³-hybridized carbons (Fsp3) is 0.971. The van der Waals surface area contributed by atoms with Gasteiger partial charge in [0, 0.05) is 0 Å². The molecule has 0 aromatic rings. The third-order valence-corrected chi connectivity index (χ3v) is 8.39. The summed E-state index contributed by atoms with van der Waals surface area (Å²) in [5.41, 5.74) is 0. The molecule has 0 aliphatic carbocycles. The van der Waals surface area contributed by atoms with E-state index in [2.05, 4.69) is 25.7 Å². The van der Waals surface area contributed by atoms with Crippen molar-refractivity contribution in [2.24, 2.45) is 0 Å². The van der Waals surface area contributed by atoms with Crippen molar-refractivity contribution in [3.05, 3.63) is 0 Å². The molecule has 0 aromatic carbocycles. The first-order chi connectivity index (χ1) is 18.7. The van der Waals surface area contributed by atoms with E-state index in [9.17, 15) is 9.90 Å². The van der Waals surface area contributed by atoms with Crippen molar-refractivity contribution < 1.29 is 9.90 Å². The molecule has 0 saturated carbocycles. The fourth-order valence-corrected chi connectivity index (χ4v) is 5.82. The lowest BCUT2D eigenvalue weighted by atomic mass is 10.0. The normalized spacial score (nSPS) is 12.4. The zero-order chi connectivity index (χ0) is 27.9. The highest BCUT2D eigenvalue weighted by Crippen LogP contribution is 2.16. The van der Waals surface area contributed by atoms with Gasteiger partial charge >= 0.3 is 5.97 Å². The van der Waals surface area contributed by atoms with E-state index in [1.54, 1.807) is 0 Å². The van der Waals surface area contributed by atoms with Gasteiger partial charge < -0.3 is 5.11 Å². The quantitative estimate of drug-likeness (QED) is 0.0867.